The lowest BCUT2D eigenvalue weighted by molar-refractivity contribution is 0.0524. The van der Waals surface area contributed by atoms with Crippen LogP contribution >= 0.6 is 11.6 Å². The van der Waals surface area contributed by atoms with Crippen molar-refractivity contribution in [1.29, 1.82) is 0 Å². The van der Waals surface area contributed by atoms with Gasteiger partial charge >= 0.3 is 22.1 Å². The molecule has 0 aliphatic carbocycles. The first-order valence-electron chi connectivity index (χ1n) is 7.82. The van der Waals surface area contributed by atoms with E-state index in [4.69, 9.17) is 25.3 Å². The van der Waals surface area contributed by atoms with E-state index in [1.165, 1.54) is 18.2 Å². The molecule has 0 aliphatic heterocycles. The number of carbonyl (C=O) groups is 2. The Morgan fingerprint density at radius 2 is 1.56 bits per heavy atom. The zero-order chi connectivity index (χ0) is 20.0. The molecule has 0 aliphatic rings. The summed E-state index contributed by atoms with van der Waals surface area (Å²) < 4.78 is 39.6. The maximum atomic E-state index is 12.4. The normalized spacial score (nSPS) is 10.9. The Kier molecular flexibility index (Phi) is 6.75. The van der Waals surface area contributed by atoms with E-state index in [1.54, 1.807) is 13.8 Å². The van der Waals surface area contributed by atoms with Crippen molar-refractivity contribution in [1.82, 2.24) is 4.98 Å². The molecule has 8 nitrogen and oxygen atoms in total. The molecule has 0 radical (unpaired) electrons. The Balaban J connectivity index is 2.43. The minimum Gasteiger partial charge on any atom is -0.462 e. The number of esters is 2. The highest BCUT2D eigenvalue weighted by Gasteiger charge is 2.21. The average molecular weight is 414 g/mol. The largest absolute Gasteiger partial charge is 0.462 e. The number of hydrogen-bond donors (Lipinski definition) is 0. The van der Waals surface area contributed by atoms with Crippen molar-refractivity contribution in [3.8, 4) is 5.75 Å². The van der Waals surface area contributed by atoms with Crippen LogP contribution in [0.15, 0.2) is 41.4 Å². The fourth-order valence-electron chi connectivity index (χ4n) is 2.00. The van der Waals surface area contributed by atoms with E-state index >= 15 is 0 Å². The third kappa shape index (κ3) is 5.41. The highest BCUT2D eigenvalue weighted by atomic mass is 35.5. The average Bonchev–Trinajstić information content (AvgIpc) is 2.62. The van der Waals surface area contributed by atoms with Crippen LogP contribution in [0.3, 0.4) is 0 Å². The number of rotatable bonds is 7. The second kappa shape index (κ2) is 8.83. The Hall–Kier alpha value is -2.65. The van der Waals surface area contributed by atoms with Gasteiger partial charge in [0.1, 0.15) is 15.8 Å². The highest BCUT2D eigenvalue weighted by Crippen LogP contribution is 2.23. The Bertz CT molecular complexity index is 906. The summed E-state index contributed by atoms with van der Waals surface area (Å²) in [5.41, 5.74) is -0.108. The maximum absolute atomic E-state index is 12.4. The molecule has 27 heavy (non-hydrogen) atoms. The van der Waals surface area contributed by atoms with E-state index in [0.717, 1.165) is 18.3 Å². The third-order valence-electron chi connectivity index (χ3n) is 3.12. The SMILES string of the molecule is CCOC(=O)c1cc(OS(=O)(=O)c2ccc(Cl)nc2)cc(C(=O)OCC)c1. The molecular weight excluding hydrogens is 398 g/mol. The van der Waals surface area contributed by atoms with Gasteiger partial charge in [-0.2, -0.15) is 8.42 Å². The minimum atomic E-state index is -4.26. The third-order valence-corrected chi connectivity index (χ3v) is 4.58. The molecule has 1 aromatic heterocycles. The molecule has 1 heterocycles. The Labute approximate surface area is 161 Å². The van der Waals surface area contributed by atoms with Gasteiger partial charge in [0.15, 0.2) is 0 Å². The molecule has 0 atom stereocenters. The van der Waals surface area contributed by atoms with E-state index in [0.29, 0.717) is 0 Å². The van der Waals surface area contributed by atoms with Gasteiger partial charge < -0.3 is 13.7 Å². The second-order valence-corrected chi connectivity index (χ2v) is 6.97. The molecule has 2 rings (SSSR count). The molecule has 144 valence electrons. The van der Waals surface area contributed by atoms with E-state index in [2.05, 4.69) is 4.98 Å². The quantitative estimate of drug-likeness (QED) is 0.387. The van der Waals surface area contributed by atoms with Crippen LogP contribution in [0.25, 0.3) is 0 Å². The first-order chi connectivity index (χ1) is 12.8. The lowest BCUT2D eigenvalue weighted by Crippen LogP contribution is -2.13. The molecule has 1 aromatic carbocycles. The van der Waals surface area contributed by atoms with Crippen LogP contribution in [0.5, 0.6) is 5.75 Å². The smallest absolute Gasteiger partial charge is 0.340 e. The van der Waals surface area contributed by atoms with Crippen molar-refractivity contribution < 1.29 is 31.7 Å². The molecule has 0 saturated carbocycles. The van der Waals surface area contributed by atoms with Crippen LogP contribution in [0.2, 0.25) is 5.15 Å². The number of carbonyl (C=O) groups excluding carboxylic acids is 2. The molecule has 10 heteroatoms. The van der Waals surface area contributed by atoms with Crippen LogP contribution in [0, 0.1) is 0 Å². The maximum Gasteiger partial charge on any atom is 0.340 e. The van der Waals surface area contributed by atoms with Gasteiger partial charge in [0.25, 0.3) is 0 Å². The topological polar surface area (TPSA) is 109 Å². The Morgan fingerprint density at radius 1 is 1.00 bits per heavy atom. The molecule has 0 fully saturated rings. The lowest BCUT2D eigenvalue weighted by atomic mass is 10.1. The van der Waals surface area contributed by atoms with E-state index < -0.39 is 22.1 Å². The second-order valence-electron chi connectivity index (χ2n) is 5.04. The first kappa shape index (κ1) is 20.7. The van der Waals surface area contributed by atoms with Gasteiger partial charge in [-0.3, -0.25) is 0 Å². The van der Waals surface area contributed by atoms with E-state index in [1.807, 2.05) is 0 Å². The van der Waals surface area contributed by atoms with Gasteiger partial charge in [0, 0.05) is 0 Å². The number of nitrogens with zero attached hydrogens (tertiary/aromatic N) is 1. The number of benzene rings is 1. The van der Waals surface area contributed by atoms with Crippen molar-refractivity contribution in [2.75, 3.05) is 13.2 Å². The van der Waals surface area contributed by atoms with Crippen molar-refractivity contribution in [2.24, 2.45) is 0 Å². The monoisotopic (exact) mass is 413 g/mol. The highest BCUT2D eigenvalue weighted by molar-refractivity contribution is 7.87. The molecular formula is C17H16ClNO7S. The van der Waals surface area contributed by atoms with Crippen molar-refractivity contribution in [3.05, 3.63) is 52.8 Å². The van der Waals surface area contributed by atoms with Crippen molar-refractivity contribution in [3.63, 3.8) is 0 Å². The summed E-state index contributed by atoms with van der Waals surface area (Å²) in [7, 11) is -4.26. The van der Waals surface area contributed by atoms with Gasteiger partial charge in [-0.05, 0) is 44.2 Å². The van der Waals surface area contributed by atoms with Gasteiger partial charge in [0.2, 0.25) is 0 Å². The number of aromatic nitrogens is 1. The molecule has 0 unspecified atom stereocenters. The summed E-state index contributed by atoms with van der Waals surface area (Å²) in [6.45, 7) is 3.44. The van der Waals surface area contributed by atoms with Crippen LogP contribution < -0.4 is 4.18 Å². The number of ether oxygens (including phenoxy) is 2. The lowest BCUT2D eigenvalue weighted by Gasteiger charge is -2.11. The standard InChI is InChI=1S/C17H16ClNO7S/c1-3-24-16(20)11-7-12(17(21)25-4-2)9-13(8-11)26-27(22,23)14-5-6-15(18)19-10-14/h5-10H,3-4H2,1-2H3. The molecule has 0 amide bonds. The fourth-order valence-corrected chi connectivity index (χ4v) is 2.97. The van der Waals surface area contributed by atoms with Crippen molar-refractivity contribution in [2.45, 2.75) is 18.7 Å². The number of pyridine rings is 1. The first-order valence-corrected chi connectivity index (χ1v) is 9.60. The molecule has 0 N–H and O–H groups in total. The zero-order valence-corrected chi connectivity index (χ0v) is 16.0. The number of halogens is 1. The summed E-state index contributed by atoms with van der Waals surface area (Å²) in [6, 6.07) is 6.05. The summed E-state index contributed by atoms with van der Waals surface area (Å²) in [5, 5.41) is 0.114. The van der Waals surface area contributed by atoms with E-state index in [-0.39, 0.29) is 40.1 Å². The summed E-state index contributed by atoms with van der Waals surface area (Å²) in [5.74, 6) is -1.73. The predicted octanol–water partition coefficient (Wildman–Crippen LogP) is 2.86. The van der Waals surface area contributed by atoms with Gasteiger partial charge in [-0.1, -0.05) is 11.6 Å². The van der Waals surface area contributed by atoms with Crippen LogP contribution in [0.4, 0.5) is 0 Å². The molecule has 0 spiro atoms. The molecule has 0 saturated heterocycles. The summed E-state index contributed by atoms with van der Waals surface area (Å²) >= 11 is 5.64. The van der Waals surface area contributed by atoms with Gasteiger partial charge in [-0.25, -0.2) is 14.6 Å². The molecule has 0 bridgehead atoms. The van der Waals surface area contributed by atoms with Crippen molar-refractivity contribution >= 4 is 33.7 Å². The van der Waals surface area contributed by atoms with Gasteiger partial charge in [0.05, 0.1) is 30.5 Å². The van der Waals surface area contributed by atoms with E-state index in [9.17, 15) is 18.0 Å². The Morgan fingerprint density at radius 3 is 2.00 bits per heavy atom. The fraction of sp³-hybridized carbons (Fsp3) is 0.235. The molecule has 2 aromatic rings. The van der Waals surface area contributed by atoms with Gasteiger partial charge in [-0.15, -0.1) is 0 Å². The van der Waals surface area contributed by atoms with Crippen LogP contribution in [-0.4, -0.2) is 38.6 Å². The number of hydrogen-bond acceptors (Lipinski definition) is 8. The zero-order valence-electron chi connectivity index (χ0n) is 14.5. The predicted molar refractivity (Wildman–Crippen MR) is 95.4 cm³/mol. The summed E-state index contributed by atoms with van der Waals surface area (Å²) in [6.07, 6.45) is 1.03. The van der Waals surface area contributed by atoms with Crippen LogP contribution in [0.1, 0.15) is 34.6 Å². The summed E-state index contributed by atoms with van der Waals surface area (Å²) in [4.78, 5) is 27.4. The minimum absolute atomic E-state index is 0.0539. The van der Waals surface area contributed by atoms with Crippen LogP contribution in [-0.2, 0) is 19.6 Å².